The van der Waals surface area contributed by atoms with Crippen LogP contribution in [-0.2, 0) is 16.0 Å². The first-order valence-electron chi connectivity index (χ1n) is 8.91. The molecule has 1 heterocycles. The van der Waals surface area contributed by atoms with Gasteiger partial charge < -0.3 is 15.3 Å². The van der Waals surface area contributed by atoms with E-state index in [1.54, 1.807) is 12.1 Å². The van der Waals surface area contributed by atoms with Crippen LogP contribution in [0.1, 0.15) is 44.6 Å². The molecule has 0 radical (unpaired) electrons. The standard InChI is InChI=1S/C19H28N2O3/c1-2-6-18(23)20-13-15-7-5-12-21(14-15)19(24)11-10-16-8-3-4-9-17(16)22/h3-4,8-9,15,22H,2,5-7,10-14H2,1H3,(H,20,23). The predicted octanol–water partition coefficient (Wildman–Crippen LogP) is 2.48. The van der Waals surface area contributed by atoms with Crippen LogP contribution in [0.3, 0.4) is 0 Å². The summed E-state index contributed by atoms with van der Waals surface area (Å²) >= 11 is 0. The Morgan fingerprint density at radius 2 is 2.08 bits per heavy atom. The number of nitrogens with zero attached hydrogens (tertiary/aromatic N) is 1. The lowest BCUT2D eigenvalue weighted by atomic mass is 9.97. The van der Waals surface area contributed by atoms with Crippen LogP contribution in [0.4, 0.5) is 0 Å². The zero-order chi connectivity index (χ0) is 17.4. The van der Waals surface area contributed by atoms with E-state index in [0.717, 1.165) is 31.4 Å². The minimum Gasteiger partial charge on any atom is -0.508 e. The summed E-state index contributed by atoms with van der Waals surface area (Å²) in [6.07, 6.45) is 4.42. The summed E-state index contributed by atoms with van der Waals surface area (Å²) < 4.78 is 0. The quantitative estimate of drug-likeness (QED) is 0.806. The fourth-order valence-corrected chi connectivity index (χ4v) is 3.15. The minimum absolute atomic E-state index is 0.0977. The van der Waals surface area contributed by atoms with Gasteiger partial charge in [-0.05, 0) is 43.2 Å². The molecule has 1 atom stereocenters. The van der Waals surface area contributed by atoms with E-state index in [4.69, 9.17) is 0 Å². The van der Waals surface area contributed by atoms with Crippen molar-refractivity contribution in [1.29, 1.82) is 0 Å². The maximum absolute atomic E-state index is 12.4. The Hall–Kier alpha value is -2.04. The van der Waals surface area contributed by atoms with Crippen molar-refractivity contribution in [3.05, 3.63) is 29.8 Å². The second-order valence-corrected chi connectivity index (χ2v) is 6.53. The maximum atomic E-state index is 12.4. The number of carbonyl (C=O) groups excluding carboxylic acids is 2. The van der Waals surface area contributed by atoms with Crippen molar-refractivity contribution >= 4 is 11.8 Å². The molecule has 1 aromatic carbocycles. The molecule has 0 spiro atoms. The molecule has 1 saturated heterocycles. The number of phenolic OH excluding ortho intramolecular Hbond substituents is 1. The fourth-order valence-electron chi connectivity index (χ4n) is 3.15. The molecule has 2 amide bonds. The van der Waals surface area contributed by atoms with E-state index >= 15 is 0 Å². The van der Waals surface area contributed by atoms with Gasteiger partial charge in [0.2, 0.25) is 11.8 Å². The van der Waals surface area contributed by atoms with Crippen LogP contribution in [0.15, 0.2) is 24.3 Å². The van der Waals surface area contributed by atoms with E-state index in [1.807, 2.05) is 24.0 Å². The highest BCUT2D eigenvalue weighted by molar-refractivity contribution is 5.77. The van der Waals surface area contributed by atoms with E-state index in [0.29, 0.717) is 38.3 Å². The molecule has 0 aliphatic carbocycles. The third kappa shape index (κ3) is 5.55. The number of hydrogen-bond acceptors (Lipinski definition) is 3. The van der Waals surface area contributed by atoms with Gasteiger partial charge in [-0.25, -0.2) is 0 Å². The van der Waals surface area contributed by atoms with Crippen LogP contribution in [0.25, 0.3) is 0 Å². The predicted molar refractivity (Wildman–Crippen MR) is 93.6 cm³/mol. The average Bonchev–Trinajstić information content (AvgIpc) is 2.59. The number of carbonyl (C=O) groups is 2. The van der Waals surface area contributed by atoms with Gasteiger partial charge in [0.1, 0.15) is 5.75 Å². The highest BCUT2D eigenvalue weighted by Gasteiger charge is 2.23. The Kier molecular flexibility index (Phi) is 7.09. The largest absolute Gasteiger partial charge is 0.508 e. The van der Waals surface area contributed by atoms with Crippen LogP contribution in [0.2, 0.25) is 0 Å². The van der Waals surface area contributed by atoms with Gasteiger partial charge in [-0.1, -0.05) is 25.1 Å². The van der Waals surface area contributed by atoms with Crippen LogP contribution < -0.4 is 5.32 Å². The number of para-hydroxylation sites is 1. The van der Waals surface area contributed by atoms with Gasteiger partial charge >= 0.3 is 0 Å². The number of hydrogen-bond donors (Lipinski definition) is 2. The van der Waals surface area contributed by atoms with Gasteiger partial charge in [0.05, 0.1) is 0 Å². The number of aromatic hydroxyl groups is 1. The van der Waals surface area contributed by atoms with Gasteiger partial charge in [0, 0.05) is 32.5 Å². The highest BCUT2D eigenvalue weighted by Crippen LogP contribution is 2.20. The Bertz CT molecular complexity index is 559. The Labute approximate surface area is 144 Å². The molecule has 24 heavy (non-hydrogen) atoms. The van der Waals surface area contributed by atoms with Crippen LogP contribution in [0.5, 0.6) is 5.75 Å². The fraction of sp³-hybridized carbons (Fsp3) is 0.579. The van der Waals surface area contributed by atoms with E-state index < -0.39 is 0 Å². The lowest BCUT2D eigenvalue weighted by molar-refractivity contribution is -0.132. The molecular weight excluding hydrogens is 304 g/mol. The lowest BCUT2D eigenvalue weighted by Crippen LogP contribution is -2.43. The molecule has 1 aliphatic heterocycles. The van der Waals surface area contributed by atoms with E-state index in [-0.39, 0.29) is 17.6 Å². The van der Waals surface area contributed by atoms with Crippen LogP contribution in [0, 0.1) is 5.92 Å². The number of piperidine rings is 1. The van der Waals surface area contributed by atoms with E-state index in [2.05, 4.69) is 5.32 Å². The molecule has 1 fully saturated rings. The smallest absolute Gasteiger partial charge is 0.222 e. The molecule has 132 valence electrons. The molecule has 1 aromatic rings. The topological polar surface area (TPSA) is 69.6 Å². The first-order valence-corrected chi connectivity index (χ1v) is 8.91. The molecule has 1 unspecified atom stereocenters. The minimum atomic E-state index is 0.0977. The number of nitrogens with one attached hydrogen (secondary N) is 1. The third-order valence-corrected chi connectivity index (χ3v) is 4.54. The van der Waals surface area contributed by atoms with Gasteiger partial charge in [-0.2, -0.15) is 0 Å². The summed E-state index contributed by atoms with van der Waals surface area (Å²) in [6.45, 7) is 4.15. The third-order valence-electron chi connectivity index (χ3n) is 4.54. The molecule has 5 nitrogen and oxygen atoms in total. The number of benzene rings is 1. The molecule has 0 aromatic heterocycles. The summed E-state index contributed by atoms with van der Waals surface area (Å²) in [4.78, 5) is 25.9. The van der Waals surface area contributed by atoms with Gasteiger partial charge in [-0.3, -0.25) is 9.59 Å². The molecule has 2 N–H and O–H groups in total. The molecule has 2 rings (SSSR count). The molecule has 0 saturated carbocycles. The number of phenols is 1. The Balaban J connectivity index is 1.77. The summed E-state index contributed by atoms with van der Waals surface area (Å²) in [5, 5.41) is 12.7. The first-order chi connectivity index (χ1) is 11.6. The zero-order valence-electron chi connectivity index (χ0n) is 14.5. The normalized spacial score (nSPS) is 17.5. The van der Waals surface area contributed by atoms with Crippen molar-refractivity contribution in [2.24, 2.45) is 5.92 Å². The summed E-state index contributed by atoms with van der Waals surface area (Å²) in [5.41, 5.74) is 0.811. The molecular formula is C19H28N2O3. The van der Waals surface area contributed by atoms with Crippen molar-refractivity contribution in [3.8, 4) is 5.75 Å². The van der Waals surface area contributed by atoms with Crippen molar-refractivity contribution in [2.45, 2.75) is 45.4 Å². The first kappa shape index (κ1) is 18.3. The molecule has 1 aliphatic rings. The lowest BCUT2D eigenvalue weighted by Gasteiger charge is -2.33. The van der Waals surface area contributed by atoms with Gasteiger partial charge in [0.15, 0.2) is 0 Å². The summed E-state index contributed by atoms with van der Waals surface area (Å²) in [5.74, 6) is 0.817. The number of amides is 2. The van der Waals surface area contributed by atoms with E-state index in [9.17, 15) is 14.7 Å². The number of rotatable bonds is 7. The van der Waals surface area contributed by atoms with Gasteiger partial charge in [-0.15, -0.1) is 0 Å². The van der Waals surface area contributed by atoms with Crippen molar-refractivity contribution in [1.82, 2.24) is 10.2 Å². The van der Waals surface area contributed by atoms with Crippen molar-refractivity contribution < 1.29 is 14.7 Å². The van der Waals surface area contributed by atoms with Crippen LogP contribution >= 0.6 is 0 Å². The molecule has 5 heteroatoms. The monoisotopic (exact) mass is 332 g/mol. The Morgan fingerprint density at radius 3 is 2.83 bits per heavy atom. The van der Waals surface area contributed by atoms with Crippen molar-refractivity contribution in [3.63, 3.8) is 0 Å². The number of likely N-dealkylation sites (tertiary alicyclic amines) is 1. The average molecular weight is 332 g/mol. The highest BCUT2D eigenvalue weighted by atomic mass is 16.3. The maximum Gasteiger partial charge on any atom is 0.222 e. The SMILES string of the molecule is CCCC(=O)NCC1CCCN(C(=O)CCc2ccccc2O)C1. The summed E-state index contributed by atoms with van der Waals surface area (Å²) in [7, 11) is 0. The van der Waals surface area contributed by atoms with E-state index in [1.165, 1.54) is 0 Å². The van der Waals surface area contributed by atoms with Crippen molar-refractivity contribution in [2.75, 3.05) is 19.6 Å². The molecule has 0 bridgehead atoms. The Morgan fingerprint density at radius 1 is 1.29 bits per heavy atom. The summed E-state index contributed by atoms with van der Waals surface area (Å²) in [6, 6.07) is 7.15. The van der Waals surface area contributed by atoms with Crippen LogP contribution in [-0.4, -0.2) is 41.5 Å². The number of aryl methyl sites for hydroxylation is 1. The second-order valence-electron chi connectivity index (χ2n) is 6.53. The zero-order valence-corrected chi connectivity index (χ0v) is 14.5. The van der Waals surface area contributed by atoms with Gasteiger partial charge in [0.25, 0.3) is 0 Å². The second kappa shape index (κ2) is 9.30.